The largest absolute Gasteiger partial charge is 0.383 e. The topological polar surface area (TPSA) is 80.5 Å². The zero-order valence-corrected chi connectivity index (χ0v) is 18.1. The highest BCUT2D eigenvalue weighted by Crippen LogP contribution is 2.38. The molecule has 6 heteroatoms. The molecule has 0 bridgehead atoms. The number of pyridine rings is 1. The van der Waals surface area contributed by atoms with E-state index in [-0.39, 0.29) is 18.1 Å². The number of benzene rings is 1. The molecule has 2 heterocycles. The molecule has 2 fully saturated rings. The highest BCUT2D eigenvalue weighted by Gasteiger charge is 2.43. The van der Waals surface area contributed by atoms with Gasteiger partial charge in [-0.2, -0.15) is 0 Å². The summed E-state index contributed by atoms with van der Waals surface area (Å²) < 4.78 is 5.80. The molecule has 1 aromatic heterocycles. The number of carbonyl (C=O) groups excluding carboxylic acids is 1. The second kappa shape index (κ2) is 8.74. The number of rotatable bonds is 5. The van der Waals surface area contributed by atoms with Crippen LogP contribution in [0.1, 0.15) is 39.9 Å². The second-order valence-corrected chi connectivity index (χ2v) is 8.89. The van der Waals surface area contributed by atoms with Gasteiger partial charge in [-0.15, -0.1) is 0 Å². The van der Waals surface area contributed by atoms with Gasteiger partial charge in [-0.1, -0.05) is 12.1 Å². The number of carbonyl (C=O) groups is 1. The van der Waals surface area contributed by atoms with Crippen LogP contribution < -0.4 is 11.1 Å². The first-order valence-corrected chi connectivity index (χ1v) is 10.8. The van der Waals surface area contributed by atoms with Crippen LogP contribution in [-0.4, -0.2) is 48.1 Å². The van der Waals surface area contributed by atoms with Crippen molar-refractivity contribution < 1.29 is 9.53 Å². The first-order chi connectivity index (χ1) is 14.4. The van der Waals surface area contributed by atoms with Crippen LogP contribution >= 0.6 is 0 Å². The summed E-state index contributed by atoms with van der Waals surface area (Å²) in [5.41, 5.74) is 10.2. The number of nitrogens with two attached hydrogens (primary N) is 1. The van der Waals surface area contributed by atoms with Crippen molar-refractivity contribution in [1.82, 2.24) is 15.2 Å². The maximum absolute atomic E-state index is 12.9. The Hall–Kier alpha value is -2.44. The SMILES string of the molecule is CO[C@H]1C[C@@H]2CN(Cc3cccnc3N)C[C@@H]2C[C@@H]1NC(=O)c1ccc(C)c(C)c1. The van der Waals surface area contributed by atoms with Crippen molar-refractivity contribution in [3.63, 3.8) is 0 Å². The van der Waals surface area contributed by atoms with E-state index in [4.69, 9.17) is 10.5 Å². The van der Waals surface area contributed by atoms with Gasteiger partial charge in [0.1, 0.15) is 5.82 Å². The molecule has 1 saturated carbocycles. The van der Waals surface area contributed by atoms with Gasteiger partial charge in [0.15, 0.2) is 0 Å². The van der Waals surface area contributed by atoms with Gasteiger partial charge in [-0.25, -0.2) is 4.98 Å². The lowest BCUT2D eigenvalue weighted by Gasteiger charge is -2.37. The summed E-state index contributed by atoms with van der Waals surface area (Å²) in [6.07, 6.45) is 3.69. The minimum Gasteiger partial charge on any atom is -0.383 e. The molecule has 1 aliphatic heterocycles. The number of hydrogen-bond donors (Lipinski definition) is 2. The van der Waals surface area contributed by atoms with Crippen molar-refractivity contribution in [3.8, 4) is 0 Å². The second-order valence-electron chi connectivity index (χ2n) is 8.89. The molecule has 0 spiro atoms. The van der Waals surface area contributed by atoms with Crippen LogP contribution in [0.2, 0.25) is 0 Å². The molecule has 30 heavy (non-hydrogen) atoms. The Bertz CT molecular complexity index is 916. The standard InChI is InChI=1S/C24H32N4O2/c1-15-6-7-17(9-16(15)2)24(29)27-21-10-19-13-28(14-20(19)11-22(21)30-3)12-18-5-4-8-26-23(18)25/h4-9,19-22H,10-14H2,1-3H3,(H2,25,26)(H,27,29)/t19-,20+,21-,22-/m0/s1. The van der Waals surface area contributed by atoms with Gasteiger partial charge in [0.05, 0.1) is 12.1 Å². The van der Waals surface area contributed by atoms with Gasteiger partial charge in [0, 0.05) is 44.1 Å². The van der Waals surface area contributed by atoms with Crippen LogP contribution in [0.3, 0.4) is 0 Å². The van der Waals surface area contributed by atoms with Gasteiger partial charge in [-0.05, 0) is 67.9 Å². The molecule has 3 N–H and O–H groups in total. The number of methoxy groups -OCH3 is 1. The molecule has 1 saturated heterocycles. The molecule has 6 nitrogen and oxygen atoms in total. The lowest BCUT2D eigenvalue weighted by molar-refractivity contribution is 0.0125. The number of amides is 1. The van der Waals surface area contributed by atoms with E-state index < -0.39 is 0 Å². The third kappa shape index (κ3) is 4.35. The van der Waals surface area contributed by atoms with Crippen molar-refractivity contribution in [2.24, 2.45) is 11.8 Å². The predicted molar refractivity (Wildman–Crippen MR) is 118 cm³/mol. The van der Waals surface area contributed by atoms with Crippen LogP contribution in [0.15, 0.2) is 36.5 Å². The van der Waals surface area contributed by atoms with E-state index in [1.165, 1.54) is 5.56 Å². The molecule has 1 aromatic carbocycles. The summed E-state index contributed by atoms with van der Waals surface area (Å²) in [5.74, 6) is 1.74. The van der Waals surface area contributed by atoms with Crippen LogP contribution in [-0.2, 0) is 11.3 Å². The number of aryl methyl sites for hydroxylation is 2. The van der Waals surface area contributed by atoms with Crippen molar-refractivity contribution in [2.75, 3.05) is 25.9 Å². The Morgan fingerprint density at radius 1 is 1.20 bits per heavy atom. The smallest absolute Gasteiger partial charge is 0.251 e. The summed E-state index contributed by atoms with van der Waals surface area (Å²) >= 11 is 0. The Kier molecular flexibility index (Phi) is 6.06. The fourth-order valence-corrected chi connectivity index (χ4v) is 5.01. The zero-order valence-electron chi connectivity index (χ0n) is 18.1. The van der Waals surface area contributed by atoms with Gasteiger partial charge in [0.25, 0.3) is 5.91 Å². The Labute approximate surface area is 178 Å². The molecule has 4 rings (SSSR count). The lowest BCUT2D eigenvalue weighted by atomic mass is 9.77. The summed E-state index contributed by atoms with van der Waals surface area (Å²) in [5, 5.41) is 3.26. The fraction of sp³-hybridized carbons (Fsp3) is 0.500. The van der Waals surface area contributed by atoms with Gasteiger partial charge >= 0.3 is 0 Å². The van der Waals surface area contributed by atoms with E-state index in [0.717, 1.165) is 49.2 Å². The average Bonchev–Trinajstić information content (AvgIpc) is 3.12. The summed E-state index contributed by atoms with van der Waals surface area (Å²) in [4.78, 5) is 19.5. The van der Waals surface area contributed by atoms with E-state index in [1.54, 1.807) is 13.3 Å². The van der Waals surface area contributed by atoms with E-state index in [0.29, 0.717) is 17.7 Å². The lowest BCUT2D eigenvalue weighted by Crippen LogP contribution is -2.50. The molecule has 0 unspecified atom stereocenters. The summed E-state index contributed by atoms with van der Waals surface area (Å²) in [7, 11) is 1.75. The van der Waals surface area contributed by atoms with Crippen molar-refractivity contribution in [1.29, 1.82) is 0 Å². The minimum absolute atomic E-state index is 0.0124. The van der Waals surface area contributed by atoms with Crippen LogP contribution in [0.5, 0.6) is 0 Å². The molecule has 0 radical (unpaired) electrons. The molecule has 1 amide bonds. The van der Waals surface area contributed by atoms with Crippen molar-refractivity contribution >= 4 is 11.7 Å². The first-order valence-electron chi connectivity index (χ1n) is 10.8. The molecule has 2 aliphatic rings. The van der Waals surface area contributed by atoms with Crippen LogP contribution in [0.4, 0.5) is 5.82 Å². The third-order valence-corrected chi connectivity index (χ3v) is 6.90. The number of likely N-dealkylation sites (tertiary alicyclic amines) is 1. The minimum atomic E-state index is -0.0124. The number of anilines is 1. The maximum atomic E-state index is 12.9. The molecule has 1 aliphatic carbocycles. The van der Waals surface area contributed by atoms with E-state index in [1.807, 2.05) is 31.2 Å². The number of aromatic nitrogens is 1. The Morgan fingerprint density at radius 3 is 2.67 bits per heavy atom. The zero-order chi connectivity index (χ0) is 21.3. The van der Waals surface area contributed by atoms with E-state index in [2.05, 4.69) is 28.2 Å². The Morgan fingerprint density at radius 2 is 1.97 bits per heavy atom. The van der Waals surface area contributed by atoms with Crippen LogP contribution in [0, 0.1) is 25.7 Å². The van der Waals surface area contributed by atoms with E-state index in [9.17, 15) is 4.79 Å². The highest BCUT2D eigenvalue weighted by atomic mass is 16.5. The van der Waals surface area contributed by atoms with Gasteiger partial charge in [-0.3, -0.25) is 9.69 Å². The van der Waals surface area contributed by atoms with Gasteiger partial charge in [0.2, 0.25) is 0 Å². The number of hydrogen-bond acceptors (Lipinski definition) is 5. The number of nitrogens with zero attached hydrogens (tertiary/aromatic N) is 2. The molecular weight excluding hydrogens is 376 g/mol. The third-order valence-electron chi connectivity index (χ3n) is 6.90. The first kappa shape index (κ1) is 20.8. The quantitative estimate of drug-likeness (QED) is 0.795. The number of nitrogen functional groups attached to an aromatic ring is 1. The number of ether oxygens (including phenoxy) is 1. The predicted octanol–water partition coefficient (Wildman–Crippen LogP) is 2.94. The normalized spacial score (nSPS) is 26.4. The molecular formula is C24H32N4O2. The fourth-order valence-electron chi connectivity index (χ4n) is 5.01. The number of nitrogens with one attached hydrogen (secondary N) is 1. The molecule has 2 aromatic rings. The monoisotopic (exact) mass is 408 g/mol. The Balaban J connectivity index is 1.41. The number of fused-ring (bicyclic) bond motifs is 1. The van der Waals surface area contributed by atoms with E-state index >= 15 is 0 Å². The maximum Gasteiger partial charge on any atom is 0.251 e. The van der Waals surface area contributed by atoms with Gasteiger partial charge < -0.3 is 15.8 Å². The summed E-state index contributed by atoms with van der Waals surface area (Å²) in [6.45, 7) is 6.98. The van der Waals surface area contributed by atoms with Crippen molar-refractivity contribution in [3.05, 3.63) is 58.8 Å². The molecule has 4 atom stereocenters. The summed E-state index contributed by atoms with van der Waals surface area (Å²) in [6, 6.07) is 9.90. The van der Waals surface area contributed by atoms with Crippen molar-refractivity contribution in [2.45, 2.75) is 45.4 Å². The van der Waals surface area contributed by atoms with Crippen LogP contribution in [0.25, 0.3) is 0 Å². The molecule has 160 valence electrons. The highest BCUT2D eigenvalue weighted by molar-refractivity contribution is 5.94. The average molecular weight is 409 g/mol.